The van der Waals surface area contributed by atoms with Gasteiger partial charge in [-0.1, -0.05) is 11.6 Å². The zero-order chi connectivity index (χ0) is 14.8. The molecule has 1 unspecified atom stereocenters. The van der Waals surface area contributed by atoms with Gasteiger partial charge in [0.15, 0.2) is 5.78 Å². The lowest BCUT2D eigenvalue weighted by atomic mass is 9.74. The van der Waals surface area contributed by atoms with Crippen molar-refractivity contribution in [3.8, 4) is 0 Å². The van der Waals surface area contributed by atoms with Gasteiger partial charge in [-0.2, -0.15) is 0 Å². The Labute approximate surface area is 126 Å². The molecular formula is C17H11ClFNO. The lowest BCUT2D eigenvalue weighted by molar-refractivity contribution is 0.0946. The molecule has 0 bridgehead atoms. The molecule has 0 saturated heterocycles. The molecule has 0 radical (unpaired) electrons. The van der Waals surface area contributed by atoms with E-state index in [1.807, 2.05) is 13.0 Å². The number of halogens is 2. The van der Waals surface area contributed by atoms with Crippen molar-refractivity contribution in [2.45, 2.75) is 18.8 Å². The Morgan fingerprint density at radius 3 is 2.86 bits per heavy atom. The first-order valence-electron chi connectivity index (χ1n) is 6.71. The molecule has 4 heteroatoms. The molecule has 0 fully saturated rings. The average molecular weight is 300 g/mol. The Kier molecular flexibility index (Phi) is 2.43. The number of Topliss-reactive ketones (excluding diaryl/α,β-unsaturated/α-hetero) is 1. The largest absolute Gasteiger partial charge is 0.293 e. The van der Waals surface area contributed by atoms with Crippen LogP contribution in [0.5, 0.6) is 0 Å². The number of carbonyl (C=O) groups excluding carboxylic acids is 1. The molecule has 1 heterocycles. The first kappa shape index (κ1) is 12.7. The molecule has 4 rings (SSSR count). The van der Waals surface area contributed by atoms with E-state index in [1.165, 1.54) is 12.1 Å². The average Bonchev–Trinajstić information content (AvgIpc) is 2.88. The number of hydrogen-bond donors (Lipinski definition) is 0. The van der Waals surface area contributed by atoms with E-state index in [-0.39, 0.29) is 11.6 Å². The van der Waals surface area contributed by atoms with Gasteiger partial charge in [0.05, 0.1) is 5.69 Å². The van der Waals surface area contributed by atoms with Crippen molar-refractivity contribution < 1.29 is 9.18 Å². The van der Waals surface area contributed by atoms with Crippen molar-refractivity contribution in [1.29, 1.82) is 0 Å². The van der Waals surface area contributed by atoms with Crippen LogP contribution in [-0.4, -0.2) is 11.5 Å². The number of carbonyl (C=O) groups is 1. The maximum Gasteiger partial charge on any atom is 0.179 e. The Balaban J connectivity index is 1.97. The Morgan fingerprint density at radius 1 is 1.24 bits per heavy atom. The van der Waals surface area contributed by atoms with E-state index in [0.717, 1.165) is 22.5 Å². The quantitative estimate of drug-likeness (QED) is 0.714. The van der Waals surface area contributed by atoms with Crippen LogP contribution >= 0.6 is 11.6 Å². The number of hydrogen-bond acceptors (Lipinski definition) is 2. The number of aliphatic imine (C=N–C) groups is 1. The van der Waals surface area contributed by atoms with Crippen LogP contribution in [0.4, 0.5) is 10.1 Å². The molecular weight excluding hydrogens is 289 g/mol. The van der Waals surface area contributed by atoms with Gasteiger partial charge in [0, 0.05) is 16.3 Å². The van der Waals surface area contributed by atoms with Gasteiger partial charge in [0.1, 0.15) is 11.2 Å². The van der Waals surface area contributed by atoms with Gasteiger partial charge in [-0.3, -0.25) is 9.79 Å². The highest BCUT2D eigenvalue weighted by Gasteiger charge is 2.52. The van der Waals surface area contributed by atoms with Crippen LogP contribution in [0.2, 0.25) is 5.02 Å². The first-order chi connectivity index (χ1) is 10.0. The molecule has 2 aliphatic rings. The molecule has 104 valence electrons. The second-order valence-electron chi connectivity index (χ2n) is 5.57. The normalized spacial score (nSPS) is 22.4. The fourth-order valence-electron chi connectivity index (χ4n) is 3.45. The number of rotatable bonds is 0. The van der Waals surface area contributed by atoms with Crippen molar-refractivity contribution in [3.63, 3.8) is 0 Å². The summed E-state index contributed by atoms with van der Waals surface area (Å²) in [5, 5.41) is 0.577. The van der Waals surface area contributed by atoms with E-state index in [1.54, 1.807) is 18.2 Å². The molecule has 1 aliphatic carbocycles. The zero-order valence-corrected chi connectivity index (χ0v) is 12.0. The van der Waals surface area contributed by atoms with Crippen molar-refractivity contribution >= 4 is 28.8 Å². The fourth-order valence-corrected chi connectivity index (χ4v) is 3.63. The van der Waals surface area contributed by atoms with Gasteiger partial charge >= 0.3 is 0 Å². The molecule has 0 saturated carbocycles. The summed E-state index contributed by atoms with van der Waals surface area (Å²) in [5.41, 5.74) is 2.87. The molecule has 2 aromatic carbocycles. The summed E-state index contributed by atoms with van der Waals surface area (Å²) in [5.74, 6) is -0.336. The third kappa shape index (κ3) is 1.52. The fraction of sp³-hybridized carbons (Fsp3) is 0.176. The summed E-state index contributed by atoms with van der Waals surface area (Å²) in [4.78, 5) is 17.5. The van der Waals surface area contributed by atoms with Crippen LogP contribution in [0.25, 0.3) is 0 Å². The predicted molar refractivity (Wildman–Crippen MR) is 80.3 cm³/mol. The molecule has 2 nitrogen and oxygen atoms in total. The molecule has 0 amide bonds. The smallest absolute Gasteiger partial charge is 0.179 e. The molecule has 0 N–H and O–H groups in total. The first-order valence-corrected chi connectivity index (χ1v) is 7.09. The number of fused-ring (bicyclic) bond motifs is 3. The Hall–Kier alpha value is -2.00. The van der Waals surface area contributed by atoms with Gasteiger partial charge in [-0.15, -0.1) is 0 Å². The van der Waals surface area contributed by atoms with E-state index in [9.17, 15) is 9.18 Å². The minimum atomic E-state index is -0.809. The summed E-state index contributed by atoms with van der Waals surface area (Å²) in [6.07, 6.45) is 0.446. The molecule has 0 aromatic heterocycles. The van der Waals surface area contributed by atoms with Crippen LogP contribution in [0.15, 0.2) is 41.4 Å². The highest BCUT2D eigenvalue weighted by molar-refractivity contribution is 6.31. The summed E-state index contributed by atoms with van der Waals surface area (Å²) in [6, 6.07) is 9.73. The minimum Gasteiger partial charge on any atom is -0.293 e. The van der Waals surface area contributed by atoms with Crippen LogP contribution in [0.1, 0.15) is 28.4 Å². The number of benzene rings is 2. The van der Waals surface area contributed by atoms with Crippen molar-refractivity contribution in [3.05, 3.63) is 63.9 Å². The van der Waals surface area contributed by atoms with E-state index >= 15 is 0 Å². The van der Waals surface area contributed by atoms with Crippen LogP contribution in [0, 0.1) is 5.82 Å². The van der Waals surface area contributed by atoms with Crippen LogP contribution in [0.3, 0.4) is 0 Å². The highest BCUT2D eigenvalue weighted by atomic mass is 35.5. The lowest BCUT2D eigenvalue weighted by Crippen LogP contribution is -2.38. The topological polar surface area (TPSA) is 29.4 Å². The van der Waals surface area contributed by atoms with Gasteiger partial charge < -0.3 is 0 Å². The SMILES string of the molecule is CC1=Nc2ccc(Cl)cc2C12Cc1cc(F)ccc1C2=O. The van der Waals surface area contributed by atoms with Gasteiger partial charge in [-0.25, -0.2) is 4.39 Å². The predicted octanol–water partition coefficient (Wildman–Crippen LogP) is 4.26. The molecule has 1 atom stereocenters. The van der Waals surface area contributed by atoms with Crippen molar-refractivity contribution in [1.82, 2.24) is 0 Å². The summed E-state index contributed by atoms with van der Waals surface area (Å²) in [6.45, 7) is 1.86. The summed E-state index contributed by atoms with van der Waals surface area (Å²) >= 11 is 6.09. The maximum absolute atomic E-state index is 13.5. The number of ketones is 1. The van der Waals surface area contributed by atoms with Crippen molar-refractivity contribution in [2.24, 2.45) is 4.99 Å². The standard InChI is InChI=1S/C17H11ClFNO/c1-9-17(14-7-11(18)2-5-15(14)20-9)8-10-6-12(19)3-4-13(10)16(17)21/h2-7H,8H2,1H3. The zero-order valence-electron chi connectivity index (χ0n) is 11.3. The third-order valence-electron chi connectivity index (χ3n) is 4.48. The maximum atomic E-state index is 13.5. The highest BCUT2D eigenvalue weighted by Crippen LogP contribution is 2.49. The Morgan fingerprint density at radius 2 is 2.05 bits per heavy atom. The summed E-state index contributed by atoms with van der Waals surface area (Å²) in [7, 11) is 0. The third-order valence-corrected chi connectivity index (χ3v) is 4.71. The van der Waals surface area contributed by atoms with E-state index in [2.05, 4.69) is 4.99 Å². The van der Waals surface area contributed by atoms with Crippen molar-refractivity contribution in [2.75, 3.05) is 0 Å². The molecule has 1 aliphatic heterocycles. The van der Waals surface area contributed by atoms with E-state index in [0.29, 0.717) is 17.0 Å². The Bertz CT molecular complexity index is 843. The van der Waals surface area contributed by atoms with E-state index < -0.39 is 5.41 Å². The molecule has 21 heavy (non-hydrogen) atoms. The lowest BCUT2D eigenvalue weighted by Gasteiger charge is -2.23. The van der Waals surface area contributed by atoms with Crippen LogP contribution in [-0.2, 0) is 11.8 Å². The van der Waals surface area contributed by atoms with Gasteiger partial charge in [0.25, 0.3) is 0 Å². The van der Waals surface area contributed by atoms with E-state index in [4.69, 9.17) is 11.6 Å². The number of nitrogens with zero attached hydrogens (tertiary/aromatic N) is 1. The molecule has 2 aromatic rings. The summed E-state index contributed by atoms with van der Waals surface area (Å²) < 4.78 is 13.5. The second-order valence-corrected chi connectivity index (χ2v) is 6.01. The monoisotopic (exact) mass is 299 g/mol. The second kappa shape index (κ2) is 4.01. The minimum absolute atomic E-state index is 0.0141. The van der Waals surface area contributed by atoms with Gasteiger partial charge in [-0.05, 0) is 60.9 Å². The van der Waals surface area contributed by atoms with Crippen LogP contribution < -0.4 is 0 Å². The van der Waals surface area contributed by atoms with Gasteiger partial charge in [0.2, 0.25) is 0 Å². The molecule has 1 spiro atoms.